The molecule has 0 bridgehead atoms. The van der Waals surface area contributed by atoms with Crippen molar-refractivity contribution in [2.45, 2.75) is 63.1 Å². The number of fused-ring (bicyclic) bond motifs is 1. The largest absolute Gasteiger partial charge is 0.444 e. The van der Waals surface area contributed by atoms with Crippen LogP contribution in [-0.2, 0) is 25.9 Å². The molecule has 2 aromatic heterocycles. The summed E-state index contributed by atoms with van der Waals surface area (Å²) in [6.07, 6.45) is 1.83. The Hall–Kier alpha value is -3.47. The normalized spacial score (nSPS) is 18.6. The Morgan fingerprint density at radius 3 is 2.68 bits per heavy atom. The predicted molar refractivity (Wildman–Crippen MR) is 137 cm³/mol. The SMILES string of the molecule is Cc1cccc(S(=O)(=O)c2nc3[nH]ccc3nc2CNC(=O)[C@@H]2CN(C(=O)OC(C)(C)C)CC[C@@H]2C)c1. The Kier molecular flexibility index (Phi) is 7.27. The van der Waals surface area contributed by atoms with E-state index in [4.69, 9.17) is 4.74 Å². The lowest BCUT2D eigenvalue weighted by atomic mass is 9.86. The van der Waals surface area contributed by atoms with E-state index in [1.165, 1.54) is 6.07 Å². The zero-order valence-electron chi connectivity index (χ0n) is 21.7. The zero-order valence-corrected chi connectivity index (χ0v) is 22.6. The molecule has 1 saturated heterocycles. The standard InChI is InChI=1S/C26H33N5O5S/c1-16-7-6-8-18(13-16)37(34,35)24-21(29-20-9-11-27-22(20)30-24)14-28-23(32)19-15-31(12-10-17(19)2)25(33)36-26(3,4)5/h6-9,11,13,17,19H,10,12,14-15H2,1-5H3,(H,27,30)(H,28,32)/t17-,19+/m0/s1. The van der Waals surface area contributed by atoms with Gasteiger partial charge in [-0.3, -0.25) is 4.79 Å². The number of carbonyl (C=O) groups is 2. The molecule has 0 spiro atoms. The highest BCUT2D eigenvalue weighted by Gasteiger charge is 2.35. The monoisotopic (exact) mass is 527 g/mol. The number of aromatic amines is 1. The van der Waals surface area contributed by atoms with Crippen LogP contribution in [0.5, 0.6) is 0 Å². The molecule has 0 unspecified atom stereocenters. The first-order valence-electron chi connectivity index (χ1n) is 12.3. The quantitative estimate of drug-likeness (QED) is 0.518. The number of aromatic nitrogens is 3. The molecule has 2 atom stereocenters. The number of hydrogen-bond acceptors (Lipinski definition) is 7. The highest BCUT2D eigenvalue weighted by Crippen LogP contribution is 2.27. The fraction of sp³-hybridized carbons (Fsp3) is 0.462. The van der Waals surface area contributed by atoms with Gasteiger partial charge in [0.25, 0.3) is 0 Å². The summed E-state index contributed by atoms with van der Waals surface area (Å²) in [7, 11) is -4.00. The minimum atomic E-state index is -4.00. The summed E-state index contributed by atoms with van der Waals surface area (Å²) >= 11 is 0. The maximum atomic E-state index is 13.5. The highest BCUT2D eigenvalue weighted by atomic mass is 32.2. The molecule has 0 saturated carbocycles. The first-order valence-corrected chi connectivity index (χ1v) is 13.7. The lowest BCUT2D eigenvalue weighted by Gasteiger charge is -2.36. The number of amides is 2. The molecule has 1 aromatic carbocycles. The molecule has 4 rings (SSSR count). The van der Waals surface area contributed by atoms with Crippen LogP contribution in [-0.4, -0.2) is 59.0 Å². The van der Waals surface area contributed by atoms with E-state index in [9.17, 15) is 18.0 Å². The van der Waals surface area contributed by atoms with Crippen LogP contribution in [0.15, 0.2) is 46.5 Å². The summed E-state index contributed by atoms with van der Waals surface area (Å²) in [6, 6.07) is 8.27. The van der Waals surface area contributed by atoms with Crippen LogP contribution in [0.1, 0.15) is 45.4 Å². The van der Waals surface area contributed by atoms with E-state index in [1.807, 2.05) is 19.9 Å². The molecule has 10 nitrogen and oxygen atoms in total. The van der Waals surface area contributed by atoms with E-state index >= 15 is 0 Å². The predicted octanol–water partition coefficient (Wildman–Crippen LogP) is 3.61. The molecular weight excluding hydrogens is 494 g/mol. The number of nitrogens with one attached hydrogen (secondary N) is 2. The van der Waals surface area contributed by atoms with Crippen LogP contribution in [0.3, 0.4) is 0 Å². The Labute approximate surface area is 216 Å². The van der Waals surface area contributed by atoms with Gasteiger partial charge in [0.05, 0.1) is 23.1 Å². The molecule has 1 aliphatic heterocycles. The van der Waals surface area contributed by atoms with Gasteiger partial charge < -0.3 is 19.9 Å². The number of aryl methyl sites for hydroxylation is 1. The third-order valence-electron chi connectivity index (χ3n) is 6.35. The third kappa shape index (κ3) is 5.93. The highest BCUT2D eigenvalue weighted by molar-refractivity contribution is 7.91. The molecule has 0 radical (unpaired) electrons. The summed E-state index contributed by atoms with van der Waals surface area (Å²) in [5.74, 6) is -0.718. The topological polar surface area (TPSA) is 134 Å². The van der Waals surface area contributed by atoms with Crippen LogP contribution < -0.4 is 5.32 Å². The average Bonchev–Trinajstić information content (AvgIpc) is 3.28. The van der Waals surface area contributed by atoms with Crippen LogP contribution in [0, 0.1) is 18.8 Å². The van der Waals surface area contributed by atoms with Gasteiger partial charge in [0.2, 0.25) is 15.7 Å². The van der Waals surface area contributed by atoms with Gasteiger partial charge >= 0.3 is 6.09 Å². The molecular formula is C26H33N5O5S. The van der Waals surface area contributed by atoms with Gasteiger partial charge in [-0.05, 0) is 63.8 Å². The maximum absolute atomic E-state index is 13.5. The van der Waals surface area contributed by atoms with Gasteiger partial charge in [0.15, 0.2) is 10.7 Å². The molecule has 2 amide bonds. The van der Waals surface area contributed by atoms with E-state index in [-0.39, 0.29) is 40.5 Å². The van der Waals surface area contributed by atoms with Crippen LogP contribution in [0.25, 0.3) is 11.2 Å². The van der Waals surface area contributed by atoms with E-state index < -0.39 is 27.4 Å². The lowest BCUT2D eigenvalue weighted by molar-refractivity contribution is -0.128. The van der Waals surface area contributed by atoms with Crippen molar-refractivity contribution in [1.29, 1.82) is 0 Å². The Morgan fingerprint density at radius 1 is 1.22 bits per heavy atom. The summed E-state index contributed by atoms with van der Waals surface area (Å²) in [6.45, 7) is 9.78. The van der Waals surface area contributed by atoms with Gasteiger partial charge in [-0.25, -0.2) is 23.2 Å². The second-order valence-corrected chi connectivity index (χ2v) is 12.4. The fourth-order valence-corrected chi connectivity index (χ4v) is 5.78. The van der Waals surface area contributed by atoms with Crippen molar-refractivity contribution in [1.82, 2.24) is 25.2 Å². The number of ether oxygens (including phenoxy) is 1. The van der Waals surface area contributed by atoms with Gasteiger partial charge in [-0.1, -0.05) is 19.1 Å². The Bertz CT molecular complexity index is 1430. The Balaban J connectivity index is 1.57. The summed E-state index contributed by atoms with van der Waals surface area (Å²) in [5.41, 5.74) is 1.15. The number of benzene rings is 1. The number of H-pyrrole nitrogens is 1. The number of hydrogen-bond donors (Lipinski definition) is 2. The van der Waals surface area contributed by atoms with Crippen molar-refractivity contribution < 1.29 is 22.7 Å². The van der Waals surface area contributed by atoms with Crippen LogP contribution >= 0.6 is 0 Å². The number of piperidine rings is 1. The maximum Gasteiger partial charge on any atom is 0.410 e. The lowest BCUT2D eigenvalue weighted by Crippen LogP contribution is -2.49. The van der Waals surface area contributed by atoms with E-state index in [2.05, 4.69) is 20.3 Å². The minimum Gasteiger partial charge on any atom is -0.444 e. The number of likely N-dealkylation sites (tertiary alicyclic amines) is 1. The second-order valence-electron chi connectivity index (χ2n) is 10.5. The summed E-state index contributed by atoms with van der Waals surface area (Å²) in [4.78, 5) is 39.2. The van der Waals surface area contributed by atoms with Crippen LogP contribution in [0.4, 0.5) is 4.79 Å². The summed E-state index contributed by atoms with van der Waals surface area (Å²) < 4.78 is 32.5. The smallest absolute Gasteiger partial charge is 0.410 e. The number of rotatable bonds is 5. The van der Waals surface area contributed by atoms with E-state index in [1.54, 1.807) is 50.1 Å². The molecule has 2 N–H and O–H groups in total. The molecule has 0 aliphatic carbocycles. The van der Waals surface area contributed by atoms with Crippen LogP contribution in [0.2, 0.25) is 0 Å². The molecule has 1 aliphatic rings. The number of carbonyl (C=O) groups excluding carboxylic acids is 2. The zero-order chi connectivity index (χ0) is 27.0. The van der Waals surface area contributed by atoms with Crippen molar-refractivity contribution in [2.75, 3.05) is 13.1 Å². The molecule has 198 valence electrons. The van der Waals surface area contributed by atoms with Gasteiger partial charge in [0.1, 0.15) is 11.1 Å². The number of nitrogens with zero attached hydrogens (tertiary/aromatic N) is 3. The van der Waals surface area contributed by atoms with E-state index in [0.717, 1.165) is 5.56 Å². The van der Waals surface area contributed by atoms with Gasteiger partial charge in [-0.2, -0.15) is 0 Å². The van der Waals surface area contributed by atoms with Gasteiger partial charge in [0, 0.05) is 19.3 Å². The first kappa shape index (κ1) is 26.6. The van der Waals surface area contributed by atoms with Crippen molar-refractivity contribution in [3.63, 3.8) is 0 Å². The Morgan fingerprint density at radius 2 is 1.97 bits per heavy atom. The minimum absolute atomic E-state index is 0.0346. The van der Waals surface area contributed by atoms with Crippen molar-refractivity contribution in [2.24, 2.45) is 11.8 Å². The fourth-order valence-electron chi connectivity index (χ4n) is 4.32. The van der Waals surface area contributed by atoms with Crippen molar-refractivity contribution >= 4 is 33.0 Å². The third-order valence-corrected chi connectivity index (χ3v) is 8.06. The van der Waals surface area contributed by atoms with Gasteiger partial charge in [-0.15, -0.1) is 0 Å². The molecule has 11 heteroatoms. The summed E-state index contributed by atoms with van der Waals surface area (Å²) in [5, 5.41) is 2.64. The molecule has 3 heterocycles. The first-order chi connectivity index (χ1) is 17.3. The van der Waals surface area contributed by atoms with Crippen molar-refractivity contribution in [3.8, 4) is 0 Å². The molecule has 1 fully saturated rings. The molecule has 3 aromatic rings. The number of sulfone groups is 1. The van der Waals surface area contributed by atoms with E-state index in [0.29, 0.717) is 24.1 Å². The van der Waals surface area contributed by atoms with Crippen molar-refractivity contribution in [3.05, 3.63) is 47.8 Å². The molecule has 37 heavy (non-hydrogen) atoms. The second kappa shape index (κ2) is 10.1. The average molecular weight is 528 g/mol.